The molecule has 0 N–H and O–H groups in total. The Labute approximate surface area is 169 Å². The second kappa shape index (κ2) is 7.37. The number of fused-ring (bicyclic) bond motifs is 1. The van der Waals surface area contributed by atoms with Gasteiger partial charge in [-0.25, -0.2) is 9.50 Å². The van der Waals surface area contributed by atoms with Gasteiger partial charge in [0.05, 0.1) is 6.26 Å². The van der Waals surface area contributed by atoms with E-state index < -0.39 is 17.8 Å². The van der Waals surface area contributed by atoms with Gasteiger partial charge in [-0.2, -0.15) is 18.3 Å². The number of nitrogens with zero attached hydrogens (tertiary/aromatic N) is 4. The van der Waals surface area contributed by atoms with Crippen molar-refractivity contribution in [2.24, 2.45) is 0 Å². The molecule has 1 fully saturated rings. The number of furan rings is 1. The lowest BCUT2D eigenvalue weighted by Crippen LogP contribution is -2.38. The van der Waals surface area contributed by atoms with E-state index in [4.69, 9.17) is 16.0 Å². The normalized spacial score (nSPS) is 15.8. The van der Waals surface area contributed by atoms with E-state index in [2.05, 4.69) is 10.1 Å². The Morgan fingerprint density at radius 2 is 2.03 bits per heavy atom. The highest BCUT2D eigenvalue weighted by Gasteiger charge is 2.37. The summed E-state index contributed by atoms with van der Waals surface area (Å²) in [7, 11) is 1.63. The summed E-state index contributed by atoms with van der Waals surface area (Å²) in [6, 6.07) is 3.88. The summed E-state index contributed by atoms with van der Waals surface area (Å²) < 4.78 is 46.8. The zero-order valence-corrected chi connectivity index (χ0v) is 16.3. The van der Waals surface area contributed by atoms with Crippen LogP contribution in [0.25, 0.3) is 17.1 Å². The third-order valence-corrected chi connectivity index (χ3v) is 5.59. The van der Waals surface area contributed by atoms with Crippen LogP contribution in [0.3, 0.4) is 0 Å². The fourth-order valence-corrected chi connectivity index (χ4v) is 3.92. The SMILES string of the molecule is CN(C(=O)c1nn2c(C(F)(F)F)cc(-c3ccco3)nc2c1Cl)C1CCCCC1. The molecule has 10 heteroatoms. The quantitative estimate of drug-likeness (QED) is 0.586. The van der Waals surface area contributed by atoms with E-state index in [1.165, 1.54) is 17.2 Å². The summed E-state index contributed by atoms with van der Waals surface area (Å²) >= 11 is 6.30. The minimum absolute atomic E-state index is 0.0193. The second-order valence-electron chi connectivity index (χ2n) is 7.11. The highest BCUT2D eigenvalue weighted by atomic mass is 35.5. The maximum atomic E-state index is 13.7. The van der Waals surface area contributed by atoms with Crippen molar-refractivity contribution in [1.29, 1.82) is 0 Å². The highest BCUT2D eigenvalue weighted by Crippen LogP contribution is 2.35. The molecule has 0 unspecified atom stereocenters. The van der Waals surface area contributed by atoms with Crippen molar-refractivity contribution in [1.82, 2.24) is 19.5 Å². The molecule has 0 aliphatic heterocycles. The Hall–Kier alpha value is -2.55. The molecule has 1 aliphatic rings. The number of carbonyl (C=O) groups excluding carboxylic acids is 1. The van der Waals surface area contributed by atoms with E-state index in [0.717, 1.165) is 38.2 Å². The van der Waals surface area contributed by atoms with E-state index in [0.29, 0.717) is 4.52 Å². The third kappa shape index (κ3) is 3.59. The molecule has 0 saturated heterocycles. The second-order valence-corrected chi connectivity index (χ2v) is 7.49. The van der Waals surface area contributed by atoms with Gasteiger partial charge in [-0.05, 0) is 31.0 Å². The van der Waals surface area contributed by atoms with Gasteiger partial charge in [-0.3, -0.25) is 4.79 Å². The fourth-order valence-electron chi connectivity index (χ4n) is 3.68. The van der Waals surface area contributed by atoms with Crippen LogP contribution in [0, 0.1) is 0 Å². The molecule has 1 aliphatic carbocycles. The molecule has 3 aromatic rings. The maximum Gasteiger partial charge on any atom is 0.433 e. The number of carbonyl (C=O) groups is 1. The molecule has 0 bridgehead atoms. The van der Waals surface area contributed by atoms with E-state index >= 15 is 0 Å². The van der Waals surface area contributed by atoms with Gasteiger partial charge >= 0.3 is 6.18 Å². The monoisotopic (exact) mass is 426 g/mol. The van der Waals surface area contributed by atoms with Gasteiger partial charge in [0.15, 0.2) is 22.8 Å². The average Bonchev–Trinajstić information content (AvgIpc) is 3.35. The van der Waals surface area contributed by atoms with Crippen LogP contribution in [-0.2, 0) is 6.18 Å². The van der Waals surface area contributed by atoms with Crippen molar-refractivity contribution in [3.05, 3.63) is 40.9 Å². The first kappa shape index (κ1) is 19.8. The smallest absolute Gasteiger partial charge is 0.433 e. The molecule has 154 valence electrons. The van der Waals surface area contributed by atoms with Crippen molar-refractivity contribution in [3.63, 3.8) is 0 Å². The first-order chi connectivity index (χ1) is 13.8. The van der Waals surface area contributed by atoms with Crippen LogP contribution < -0.4 is 0 Å². The van der Waals surface area contributed by atoms with Gasteiger partial charge < -0.3 is 9.32 Å². The molecule has 0 atom stereocenters. The molecule has 3 aromatic heterocycles. The van der Waals surface area contributed by atoms with Crippen LogP contribution in [0.2, 0.25) is 5.02 Å². The largest absolute Gasteiger partial charge is 0.463 e. The molecule has 3 heterocycles. The maximum absolute atomic E-state index is 13.7. The minimum atomic E-state index is -4.73. The number of halogens is 4. The Kier molecular flexibility index (Phi) is 5.02. The lowest BCUT2D eigenvalue weighted by atomic mass is 9.94. The topological polar surface area (TPSA) is 63.6 Å². The van der Waals surface area contributed by atoms with Gasteiger partial charge in [0.25, 0.3) is 5.91 Å². The summed E-state index contributed by atoms with van der Waals surface area (Å²) in [5.74, 6) is -0.359. The van der Waals surface area contributed by atoms with Crippen molar-refractivity contribution >= 4 is 23.2 Å². The molecule has 1 amide bonds. The molecule has 4 rings (SSSR count). The number of amides is 1. The van der Waals surface area contributed by atoms with Crippen molar-refractivity contribution in [3.8, 4) is 11.5 Å². The van der Waals surface area contributed by atoms with Gasteiger partial charge in [0.1, 0.15) is 10.7 Å². The first-order valence-corrected chi connectivity index (χ1v) is 9.62. The molecular formula is C19H18ClF3N4O2. The lowest BCUT2D eigenvalue weighted by molar-refractivity contribution is -0.142. The summed E-state index contributed by atoms with van der Waals surface area (Å²) in [5.41, 5.74) is -1.62. The Morgan fingerprint density at radius 1 is 1.31 bits per heavy atom. The van der Waals surface area contributed by atoms with Crippen LogP contribution in [-0.4, -0.2) is 38.5 Å². The van der Waals surface area contributed by atoms with Crippen molar-refractivity contribution in [2.75, 3.05) is 7.05 Å². The van der Waals surface area contributed by atoms with E-state index in [1.54, 1.807) is 13.1 Å². The summed E-state index contributed by atoms with van der Waals surface area (Å²) in [6.07, 6.45) is 1.43. The van der Waals surface area contributed by atoms with Gasteiger partial charge in [0, 0.05) is 13.1 Å². The summed E-state index contributed by atoms with van der Waals surface area (Å²) in [4.78, 5) is 18.6. The number of rotatable bonds is 3. The molecular weight excluding hydrogens is 409 g/mol. The minimum Gasteiger partial charge on any atom is -0.463 e. The summed E-state index contributed by atoms with van der Waals surface area (Å²) in [6.45, 7) is 0. The molecule has 0 spiro atoms. The van der Waals surface area contributed by atoms with Gasteiger partial charge in [-0.1, -0.05) is 30.9 Å². The Bertz CT molecular complexity index is 1040. The number of hydrogen-bond acceptors (Lipinski definition) is 4. The fraction of sp³-hybridized carbons (Fsp3) is 0.421. The predicted molar refractivity (Wildman–Crippen MR) is 99.7 cm³/mol. The summed E-state index contributed by atoms with van der Waals surface area (Å²) in [5, 5.41) is 3.69. The van der Waals surface area contributed by atoms with E-state index in [1.807, 2.05) is 0 Å². The van der Waals surface area contributed by atoms with Crippen LogP contribution in [0.4, 0.5) is 13.2 Å². The van der Waals surface area contributed by atoms with Crippen LogP contribution in [0.1, 0.15) is 48.3 Å². The van der Waals surface area contributed by atoms with Crippen molar-refractivity contribution < 1.29 is 22.4 Å². The third-order valence-electron chi connectivity index (χ3n) is 5.24. The van der Waals surface area contributed by atoms with E-state index in [9.17, 15) is 18.0 Å². The van der Waals surface area contributed by atoms with Gasteiger partial charge in [0.2, 0.25) is 0 Å². The Morgan fingerprint density at radius 3 is 2.66 bits per heavy atom. The predicted octanol–water partition coefficient (Wildman–Crippen LogP) is 5.07. The molecule has 1 saturated carbocycles. The average molecular weight is 427 g/mol. The zero-order valence-electron chi connectivity index (χ0n) is 15.5. The van der Waals surface area contributed by atoms with E-state index in [-0.39, 0.29) is 33.9 Å². The Balaban J connectivity index is 1.82. The standard InChI is InChI=1S/C19H18ClF3N4O2/c1-26(11-6-3-2-4-7-11)18(28)16-15(20)17-24-12(13-8-5-9-29-13)10-14(19(21,22)23)27(17)25-16/h5,8-11H,2-4,6-7H2,1H3. The van der Waals surface area contributed by atoms with Crippen LogP contribution in [0.15, 0.2) is 28.9 Å². The number of alkyl halides is 3. The van der Waals surface area contributed by atoms with Crippen LogP contribution in [0.5, 0.6) is 0 Å². The lowest BCUT2D eigenvalue weighted by Gasteiger charge is -2.30. The highest BCUT2D eigenvalue weighted by molar-refractivity contribution is 6.36. The first-order valence-electron chi connectivity index (χ1n) is 9.25. The van der Waals surface area contributed by atoms with Gasteiger partial charge in [-0.15, -0.1) is 0 Å². The van der Waals surface area contributed by atoms with Crippen LogP contribution >= 0.6 is 11.6 Å². The molecule has 6 nitrogen and oxygen atoms in total. The zero-order chi connectivity index (χ0) is 20.8. The number of aromatic nitrogens is 3. The molecule has 0 aromatic carbocycles. The molecule has 29 heavy (non-hydrogen) atoms. The van der Waals surface area contributed by atoms with Crippen molar-refractivity contribution in [2.45, 2.75) is 44.3 Å². The molecule has 0 radical (unpaired) electrons. The number of hydrogen-bond donors (Lipinski definition) is 0.